The molecule has 7 nitrogen and oxygen atoms in total. The molecule has 0 atom stereocenters. The molecule has 1 N–H and O–H groups in total. The summed E-state index contributed by atoms with van der Waals surface area (Å²) >= 11 is 0. The van der Waals surface area contributed by atoms with Crippen molar-refractivity contribution in [2.45, 2.75) is 19.5 Å². The molecule has 0 saturated carbocycles. The third-order valence-corrected chi connectivity index (χ3v) is 4.82. The summed E-state index contributed by atoms with van der Waals surface area (Å²) in [5.74, 6) is 3.02. The van der Waals surface area contributed by atoms with E-state index in [2.05, 4.69) is 31.2 Å². The fourth-order valence-corrected chi connectivity index (χ4v) is 3.34. The van der Waals surface area contributed by atoms with Crippen LogP contribution >= 0.6 is 0 Å². The summed E-state index contributed by atoms with van der Waals surface area (Å²) < 4.78 is 10.9. The molecule has 4 rings (SSSR count). The smallest absolute Gasteiger partial charge is 0.227 e. The highest BCUT2D eigenvalue weighted by atomic mass is 16.5. The van der Waals surface area contributed by atoms with Crippen LogP contribution in [0.5, 0.6) is 11.5 Å². The van der Waals surface area contributed by atoms with Gasteiger partial charge in [-0.25, -0.2) is 4.98 Å². The minimum Gasteiger partial charge on any atom is -0.493 e. The van der Waals surface area contributed by atoms with Crippen LogP contribution in [0.1, 0.15) is 16.8 Å². The van der Waals surface area contributed by atoms with E-state index in [9.17, 15) is 0 Å². The van der Waals surface area contributed by atoms with Crippen molar-refractivity contribution in [3.05, 3.63) is 65.6 Å². The Bertz CT molecular complexity index is 949. The van der Waals surface area contributed by atoms with Crippen molar-refractivity contribution in [2.24, 2.45) is 0 Å². The molecule has 0 spiro atoms. The van der Waals surface area contributed by atoms with Gasteiger partial charge in [-0.3, -0.25) is 4.98 Å². The average Bonchev–Trinajstić information content (AvgIpc) is 2.77. The van der Waals surface area contributed by atoms with Gasteiger partial charge < -0.3 is 19.7 Å². The van der Waals surface area contributed by atoms with E-state index in [0.717, 1.165) is 42.5 Å². The van der Waals surface area contributed by atoms with Crippen LogP contribution in [-0.4, -0.2) is 35.7 Å². The van der Waals surface area contributed by atoms with Crippen LogP contribution in [0.2, 0.25) is 0 Å². The molecule has 0 saturated heterocycles. The van der Waals surface area contributed by atoms with Gasteiger partial charge in [-0.15, -0.1) is 0 Å². The molecule has 0 unspecified atom stereocenters. The summed E-state index contributed by atoms with van der Waals surface area (Å²) in [6.07, 6.45) is 4.48. The molecular weight excluding hydrogens is 354 g/mol. The quantitative estimate of drug-likeness (QED) is 0.708. The normalized spacial score (nSPS) is 13.0. The molecule has 0 radical (unpaired) electrons. The third-order valence-electron chi connectivity index (χ3n) is 4.82. The SMILES string of the molecule is COc1cc2c(cc1OC)CN(c1nccc(NCc3ccccn3)n1)CC2. The molecule has 144 valence electrons. The van der Waals surface area contributed by atoms with Crippen molar-refractivity contribution >= 4 is 11.8 Å². The Balaban J connectivity index is 1.49. The Morgan fingerprint density at radius 3 is 2.57 bits per heavy atom. The van der Waals surface area contributed by atoms with Gasteiger partial charge in [0, 0.05) is 25.5 Å². The number of nitrogens with zero attached hydrogens (tertiary/aromatic N) is 4. The molecule has 28 heavy (non-hydrogen) atoms. The number of rotatable bonds is 6. The van der Waals surface area contributed by atoms with Crippen LogP contribution in [0.3, 0.4) is 0 Å². The zero-order valence-corrected chi connectivity index (χ0v) is 16.1. The van der Waals surface area contributed by atoms with Crippen LogP contribution < -0.4 is 19.7 Å². The van der Waals surface area contributed by atoms with Gasteiger partial charge in [0.1, 0.15) is 5.82 Å². The number of anilines is 2. The highest BCUT2D eigenvalue weighted by Crippen LogP contribution is 2.33. The fraction of sp³-hybridized carbons (Fsp3) is 0.286. The monoisotopic (exact) mass is 377 g/mol. The lowest BCUT2D eigenvalue weighted by Crippen LogP contribution is -2.32. The second kappa shape index (κ2) is 8.12. The number of ether oxygens (including phenoxy) is 2. The Labute approximate surface area is 164 Å². The van der Waals surface area contributed by atoms with E-state index in [-0.39, 0.29) is 0 Å². The minimum absolute atomic E-state index is 0.622. The molecule has 0 amide bonds. The third kappa shape index (κ3) is 3.83. The molecule has 2 aromatic heterocycles. The maximum absolute atomic E-state index is 5.45. The summed E-state index contributed by atoms with van der Waals surface area (Å²) in [7, 11) is 3.32. The van der Waals surface area contributed by atoms with Gasteiger partial charge in [-0.1, -0.05) is 6.07 Å². The van der Waals surface area contributed by atoms with E-state index in [1.165, 1.54) is 11.1 Å². The highest BCUT2D eigenvalue weighted by Gasteiger charge is 2.21. The van der Waals surface area contributed by atoms with E-state index in [0.29, 0.717) is 12.5 Å². The molecule has 0 bridgehead atoms. The number of methoxy groups -OCH3 is 2. The van der Waals surface area contributed by atoms with Crippen molar-refractivity contribution in [1.82, 2.24) is 15.0 Å². The van der Waals surface area contributed by atoms with E-state index < -0.39 is 0 Å². The summed E-state index contributed by atoms with van der Waals surface area (Å²) in [5.41, 5.74) is 3.45. The number of aromatic nitrogens is 3. The van der Waals surface area contributed by atoms with Crippen molar-refractivity contribution in [2.75, 3.05) is 31.0 Å². The average molecular weight is 377 g/mol. The number of hydrogen-bond acceptors (Lipinski definition) is 7. The van der Waals surface area contributed by atoms with Crippen LogP contribution in [0.4, 0.5) is 11.8 Å². The van der Waals surface area contributed by atoms with Crippen molar-refractivity contribution in [3.63, 3.8) is 0 Å². The van der Waals surface area contributed by atoms with Crippen molar-refractivity contribution in [3.8, 4) is 11.5 Å². The molecule has 1 aromatic carbocycles. The topological polar surface area (TPSA) is 72.4 Å². The Morgan fingerprint density at radius 2 is 1.82 bits per heavy atom. The molecule has 0 fully saturated rings. The van der Waals surface area contributed by atoms with E-state index in [1.807, 2.05) is 30.3 Å². The molecule has 3 aromatic rings. The van der Waals surface area contributed by atoms with E-state index in [4.69, 9.17) is 9.47 Å². The van der Waals surface area contributed by atoms with Crippen molar-refractivity contribution < 1.29 is 9.47 Å². The molecular formula is C21H23N5O2. The Morgan fingerprint density at radius 1 is 1.00 bits per heavy atom. The number of fused-ring (bicyclic) bond motifs is 1. The Kier molecular flexibility index (Phi) is 5.23. The predicted molar refractivity (Wildman–Crippen MR) is 108 cm³/mol. The lowest BCUT2D eigenvalue weighted by molar-refractivity contribution is 0.353. The lowest BCUT2D eigenvalue weighted by atomic mass is 9.99. The summed E-state index contributed by atoms with van der Waals surface area (Å²) in [5, 5.41) is 3.32. The first-order valence-corrected chi connectivity index (χ1v) is 9.22. The predicted octanol–water partition coefficient (Wildman–Crippen LogP) is 3.06. The van der Waals surface area contributed by atoms with Gasteiger partial charge in [-0.05, 0) is 47.9 Å². The number of hydrogen-bond donors (Lipinski definition) is 1. The summed E-state index contributed by atoms with van der Waals surface area (Å²) in [6.45, 7) is 2.21. The number of pyridine rings is 1. The maximum atomic E-state index is 5.45. The maximum Gasteiger partial charge on any atom is 0.227 e. The second-order valence-electron chi connectivity index (χ2n) is 6.56. The van der Waals surface area contributed by atoms with Gasteiger partial charge in [0.15, 0.2) is 11.5 Å². The molecule has 1 aliphatic rings. The van der Waals surface area contributed by atoms with E-state index >= 15 is 0 Å². The van der Waals surface area contributed by atoms with Gasteiger partial charge >= 0.3 is 0 Å². The first kappa shape index (κ1) is 18.0. The zero-order chi connectivity index (χ0) is 19.3. The van der Waals surface area contributed by atoms with Gasteiger partial charge in [0.25, 0.3) is 0 Å². The fourth-order valence-electron chi connectivity index (χ4n) is 3.34. The molecule has 0 aliphatic carbocycles. The van der Waals surface area contributed by atoms with Crippen LogP contribution in [-0.2, 0) is 19.5 Å². The first-order chi connectivity index (χ1) is 13.8. The lowest BCUT2D eigenvalue weighted by Gasteiger charge is -2.29. The van der Waals surface area contributed by atoms with Crippen LogP contribution in [0, 0.1) is 0 Å². The zero-order valence-electron chi connectivity index (χ0n) is 16.1. The second-order valence-corrected chi connectivity index (χ2v) is 6.56. The summed E-state index contributed by atoms with van der Waals surface area (Å²) in [4.78, 5) is 15.7. The Hall–Kier alpha value is -3.35. The first-order valence-electron chi connectivity index (χ1n) is 9.22. The van der Waals surface area contributed by atoms with Gasteiger partial charge in [-0.2, -0.15) is 4.98 Å². The highest BCUT2D eigenvalue weighted by molar-refractivity contribution is 5.51. The standard InChI is InChI=1S/C21H23N5O2/c1-27-18-11-15-7-10-26(14-16(15)12-19(18)28-2)21-23-9-6-20(25-21)24-13-17-5-3-4-8-22-17/h3-6,8-9,11-12H,7,10,13-14H2,1-2H3,(H,23,24,25). The molecule has 7 heteroatoms. The minimum atomic E-state index is 0.622. The number of nitrogens with one attached hydrogen (secondary N) is 1. The van der Waals surface area contributed by atoms with Crippen LogP contribution in [0.25, 0.3) is 0 Å². The van der Waals surface area contributed by atoms with Crippen molar-refractivity contribution in [1.29, 1.82) is 0 Å². The molecule has 1 aliphatic heterocycles. The van der Waals surface area contributed by atoms with Gasteiger partial charge in [0.2, 0.25) is 5.95 Å². The van der Waals surface area contributed by atoms with Gasteiger partial charge in [0.05, 0.1) is 26.5 Å². The molecule has 3 heterocycles. The largest absolute Gasteiger partial charge is 0.493 e. The van der Waals surface area contributed by atoms with Crippen LogP contribution in [0.15, 0.2) is 48.8 Å². The van der Waals surface area contributed by atoms with E-state index in [1.54, 1.807) is 26.6 Å². The number of benzene rings is 1. The summed E-state index contributed by atoms with van der Waals surface area (Å²) in [6, 6.07) is 11.9.